The van der Waals surface area contributed by atoms with Gasteiger partial charge < -0.3 is 106 Å². The van der Waals surface area contributed by atoms with Crippen LogP contribution in [0.25, 0.3) is 0 Å². The highest BCUT2D eigenvalue weighted by atomic mass is 32.2. The number of unbranched alkanes of at least 4 members (excludes halogenated alkanes) is 2. The lowest BCUT2D eigenvalue weighted by Crippen LogP contribution is -2.42. The van der Waals surface area contributed by atoms with Crippen molar-refractivity contribution in [3.63, 3.8) is 0 Å². The average molecular weight is 1650 g/mol. The molecule has 0 aliphatic rings. The molecule has 0 bridgehead atoms. The molecule has 0 aliphatic heterocycles. The van der Waals surface area contributed by atoms with Crippen LogP contribution in [0.3, 0.4) is 0 Å². The number of nitrogens with two attached hydrogens (primary N) is 7. The molecule has 1 aromatic rings. The predicted molar refractivity (Wildman–Crippen MR) is 338 cm³/mol. The van der Waals surface area contributed by atoms with E-state index in [9.17, 15) is 131 Å². The number of aliphatic carboxylic acids is 8. The predicted octanol–water partition coefficient (Wildman–Crippen LogP) is 3.89. The number of carbonyl (C=O) groups is 8. The number of hydrogen-bond donors (Lipinski definition) is 17. The van der Waals surface area contributed by atoms with Crippen LogP contribution < -0.4 is 50.8 Å². The van der Waals surface area contributed by atoms with Gasteiger partial charge in [-0.25, -0.2) is 4.98 Å². The zero-order chi connectivity index (χ0) is 85.1. The number of rotatable bonds is 38. The number of carboxylic acids is 8. The molecule has 0 saturated carbocycles. The minimum atomic E-state index is -4.47. The normalized spacial score (nSPS) is 14.6. The van der Waals surface area contributed by atoms with E-state index >= 15 is 0 Å². The van der Waals surface area contributed by atoms with Gasteiger partial charge in [0.05, 0.1) is 44.1 Å². The average Bonchev–Trinajstić information content (AvgIpc) is 1.72. The van der Waals surface area contributed by atoms with E-state index in [0.29, 0.717) is 63.5 Å². The van der Waals surface area contributed by atoms with E-state index in [1.54, 1.807) is 13.8 Å². The molecule has 0 radical (unpaired) electrons. The van der Waals surface area contributed by atoms with Crippen molar-refractivity contribution in [3.05, 3.63) is 18.2 Å². The van der Waals surface area contributed by atoms with E-state index in [-0.39, 0.29) is 36.6 Å². The smallest absolute Gasteiger partial charge is 0.433 e. The van der Waals surface area contributed by atoms with Crippen molar-refractivity contribution < 1.29 is 181 Å². The summed E-state index contributed by atoms with van der Waals surface area (Å²) in [6.45, 7) is 1.12. The first-order chi connectivity index (χ1) is 47.7. The summed E-state index contributed by atoms with van der Waals surface area (Å²) in [6, 6.07) is -8.77. The van der Waals surface area contributed by atoms with Gasteiger partial charge in [-0.15, -0.1) is 0 Å². The Labute approximate surface area is 598 Å². The Balaban J connectivity index is -0.000000213. The number of nitrogens with one attached hydrogen (secondary N) is 2. The molecule has 1 heterocycles. The molecule has 0 amide bonds. The summed E-state index contributed by atoms with van der Waals surface area (Å²) in [6.07, 6.45) is -25.4. The third-order valence-corrected chi connectivity index (χ3v) is 14.1. The Kier molecular flexibility index (Phi) is 61.6. The summed E-state index contributed by atoms with van der Waals surface area (Å²) in [5, 5.41) is 71.6. The topological polar surface area (TPSA) is 544 Å². The fraction of sp³-hybridized carbons (Fsp3) is 0.792. The Morgan fingerprint density at radius 2 is 1.01 bits per heavy atom. The fourth-order valence-corrected chi connectivity index (χ4v) is 8.12. The highest BCUT2D eigenvalue weighted by Gasteiger charge is 2.38. The number of imidazole rings is 1. The third kappa shape index (κ3) is 83.4. The number of halogens is 21. The first-order valence-corrected chi connectivity index (χ1v) is 32.9. The van der Waals surface area contributed by atoms with E-state index in [1.807, 2.05) is 6.92 Å². The molecule has 0 aromatic carbocycles. The number of likely N-dealkylation sites (N-methyl/N-ethyl adjacent to an activating group) is 1. The lowest BCUT2D eigenvalue weighted by Gasteiger charge is -2.21. The molecule has 106 heavy (non-hydrogen) atoms. The maximum atomic E-state index is 12.1. The second kappa shape index (κ2) is 57.8. The maximum absolute atomic E-state index is 12.1. The monoisotopic (exact) mass is 1650 g/mol. The summed E-state index contributed by atoms with van der Waals surface area (Å²) in [7, 11) is -1.02. The second-order valence-electron chi connectivity index (χ2n) is 21.3. The first kappa shape index (κ1) is 113. The Morgan fingerprint density at radius 1 is 0.557 bits per heavy atom. The number of nitrogens with zero attached hydrogens (tertiary/aromatic N) is 3. The molecule has 1 rings (SSSR count). The Hall–Kier alpha value is -6.28. The second-order valence-corrected chi connectivity index (χ2v) is 24.6. The van der Waals surface area contributed by atoms with Gasteiger partial charge in [0, 0.05) is 24.1 Å². The quantitative estimate of drug-likeness (QED) is 0.0254. The standard InChI is InChI=1S/C10H19F3N2O2.C8H10F3N3O2.C8H15F3N2O2.C6H10F3NO3.C6H10F3NO2S.C5H8F3NO3.C5H8F3NO2S.C5H11NO2/c1-2-15(7-10(11,12)13)6-4-3-5-8(14)9(16)17;9-8(10,11)3-14-4-13-2-5(14)1-6(12)7(15)16;9-8(10,11)5-13-4-2-1-3-6(12)7(14)15;1-3(4(10)5(11)12)13-2-6(7,8)9;1-13(3-6(7,8)9)2-4(10)5(11)12;2*6-5(7,8)2-12-1-3(9)4(10)11;1-3-6-4(2)5(7)8/h8H,2-7,14H2,1H3,(H,16,17);2,4,6H,1,3,12H2,(H,15,16);6,13H,1-5,12H2,(H,14,15);3-4H,2,10H2,1H3,(H,11,12);4H,2-3,10H2,1H3;2*3H,1-2,9H2,(H,10,11);4,6H,3H2,1-2H3,(H,7,8)/p+1/t8-;2*6-;3?,4-;4-,13?;2*3-;4-/m00000000/s1. The number of alkyl halides is 21. The van der Waals surface area contributed by atoms with Crippen molar-refractivity contribution in [2.24, 2.45) is 40.1 Å². The number of hydrogen-bond acceptors (Lipinski definition) is 22. The van der Waals surface area contributed by atoms with Crippen LogP contribution in [-0.2, 0) is 71.7 Å². The maximum Gasteiger partial charge on any atom is 0.433 e. The van der Waals surface area contributed by atoms with Crippen LogP contribution in [0.5, 0.6) is 0 Å². The number of carboxylic acid groups (broad SMARTS) is 8. The van der Waals surface area contributed by atoms with Crippen molar-refractivity contribution >= 4 is 70.4 Å². The van der Waals surface area contributed by atoms with Gasteiger partial charge >= 0.3 is 91.0 Å². The Bertz CT molecular complexity index is 2530. The molecule has 24 N–H and O–H groups in total. The molecule has 10 atom stereocenters. The van der Waals surface area contributed by atoms with Crippen molar-refractivity contribution in [3.8, 4) is 0 Å². The van der Waals surface area contributed by atoms with Crippen LogP contribution in [0.2, 0.25) is 0 Å². The van der Waals surface area contributed by atoms with E-state index in [4.69, 9.17) is 81.0 Å². The highest BCUT2D eigenvalue weighted by molar-refractivity contribution is 7.99. The molecule has 2 unspecified atom stereocenters. The number of aromatic nitrogens is 2. The van der Waals surface area contributed by atoms with Crippen LogP contribution >= 0.6 is 11.8 Å². The van der Waals surface area contributed by atoms with Crippen LogP contribution in [0.1, 0.15) is 71.9 Å². The summed E-state index contributed by atoms with van der Waals surface area (Å²) in [5.74, 6) is -11.9. The van der Waals surface area contributed by atoms with Crippen molar-refractivity contribution in [1.29, 1.82) is 0 Å². The summed E-state index contributed by atoms with van der Waals surface area (Å²) >= 11 is 0.466. The lowest BCUT2D eigenvalue weighted by molar-refractivity contribution is -0.187. The van der Waals surface area contributed by atoms with Crippen molar-refractivity contribution in [2.75, 3.05) is 88.4 Å². The van der Waals surface area contributed by atoms with Crippen LogP contribution in [0.4, 0.5) is 92.2 Å². The van der Waals surface area contributed by atoms with Crippen molar-refractivity contribution in [1.82, 2.24) is 25.1 Å². The van der Waals surface area contributed by atoms with Gasteiger partial charge in [0.25, 0.3) is 0 Å². The number of ether oxygens (including phenoxy) is 2. The van der Waals surface area contributed by atoms with Crippen LogP contribution in [0, 0.1) is 0 Å². The molecule has 0 aliphatic carbocycles. The largest absolute Gasteiger partial charge is 0.480 e. The molecular weight excluding hydrogens is 1560 g/mol. The molecule has 0 fully saturated rings. The molecule has 30 nitrogen and oxygen atoms in total. The van der Waals surface area contributed by atoms with Gasteiger partial charge in [0.1, 0.15) is 73.8 Å². The van der Waals surface area contributed by atoms with Gasteiger partial charge in [0.2, 0.25) is 5.75 Å². The number of thioether (sulfide) groups is 1. The molecular formula is C53H92F21N12O18S2+. The van der Waals surface area contributed by atoms with Crippen LogP contribution in [0.15, 0.2) is 12.5 Å². The van der Waals surface area contributed by atoms with Crippen molar-refractivity contribution in [2.45, 2.75) is 177 Å². The SMILES string of the molecule is CC(OCC(F)(F)F)[C@H](N)C(=O)O.CCN(CCCC[C@H](N)C(=O)O)CC(F)(F)F.CCN[C@@H](C)C(=O)O.C[S+](C[C@H](N)C(=O)O)CC(F)(F)F.N[C@@H](CCCCNCC(F)(F)F)C(=O)O.N[C@@H](COCC(F)(F)F)C(=O)O.N[C@@H](CSCC(F)(F)F)C(=O)O.N[C@@H](Cc1cncn1CC(F)(F)F)C(=O)O. The minimum absolute atomic E-state index is 0.130. The zero-order valence-electron chi connectivity index (χ0n) is 57.0. The highest BCUT2D eigenvalue weighted by Crippen LogP contribution is 2.23. The molecule has 630 valence electrons. The molecule has 53 heteroatoms. The van der Waals surface area contributed by atoms with Gasteiger partial charge in [-0.1, -0.05) is 26.7 Å². The van der Waals surface area contributed by atoms with E-state index in [0.717, 1.165) is 10.9 Å². The van der Waals surface area contributed by atoms with E-state index in [2.05, 4.69) is 25.1 Å². The van der Waals surface area contributed by atoms with E-state index < -0.39 is 207 Å². The zero-order valence-corrected chi connectivity index (χ0v) is 58.6. The lowest BCUT2D eigenvalue weighted by atomic mass is 10.1. The molecule has 0 saturated heterocycles. The first-order valence-electron chi connectivity index (χ1n) is 29.8. The molecule has 0 spiro atoms. The third-order valence-electron chi connectivity index (χ3n) is 11.2. The van der Waals surface area contributed by atoms with Gasteiger partial charge in [-0.2, -0.15) is 104 Å². The fourth-order valence-electron chi connectivity index (χ4n) is 5.95. The van der Waals surface area contributed by atoms with Gasteiger partial charge in [-0.05, 0) is 76.6 Å². The summed E-state index contributed by atoms with van der Waals surface area (Å²) in [5.41, 5.74) is 35.7. The minimum Gasteiger partial charge on any atom is -0.480 e. The van der Waals surface area contributed by atoms with Crippen LogP contribution in [-0.4, -0.2) is 289 Å². The van der Waals surface area contributed by atoms with Gasteiger partial charge in [0.15, 0.2) is 0 Å². The van der Waals surface area contributed by atoms with E-state index in [1.165, 1.54) is 24.3 Å². The molecule has 1 aromatic heterocycles. The van der Waals surface area contributed by atoms with Gasteiger partial charge in [-0.3, -0.25) is 43.3 Å². The summed E-state index contributed by atoms with van der Waals surface area (Å²) in [4.78, 5) is 86.3. The summed E-state index contributed by atoms with van der Waals surface area (Å²) < 4.78 is 255. The Morgan fingerprint density at radius 3 is 1.36 bits per heavy atom.